The molecule has 4 aromatic rings. The van der Waals surface area contributed by atoms with Crippen LogP contribution < -0.4 is 10.5 Å². The van der Waals surface area contributed by atoms with Crippen LogP contribution in [0.25, 0.3) is 33.2 Å². The van der Waals surface area contributed by atoms with E-state index in [1.807, 2.05) is 48.5 Å². The molecule has 0 unspecified atom stereocenters. The molecule has 0 aliphatic heterocycles. The van der Waals surface area contributed by atoms with Crippen LogP contribution in [0.4, 0.5) is 0 Å². The molecule has 0 aliphatic carbocycles. The highest BCUT2D eigenvalue weighted by Crippen LogP contribution is 2.31. The predicted octanol–water partition coefficient (Wildman–Crippen LogP) is 4.27. The number of H-pyrrole nitrogens is 1. The fraction of sp³-hybridized carbons (Fsp3) is 0.143. The molecule has 0 bridgehead atoms. The number of carbonyl (C=O) groups is 1. The second kappa shape index (κ2) is 6.52. The van der Waals surface area contributed by atoms with Crippen molar-refractivity contribution < 1.29 is 9.53 Å². The second-order valence-electron chi connectivity index (χ2n) is 6.19. The summed E-state index contributed by atoms with van der Waals surface area (Å²) in [6.07, 6.45) is 0.943. The number of nitrogens with two attached hydrogens (primary N) is 1. The minimum Gasteiger partial charge on any atom is -0.494 e. The molecule has 4 rings (SSSR count). The monoisotopic (exact) mass is 345 g/mol. The summed E-state index contributed by atoms with van der Waals surface area (Å²) >= 11 is 0. The normalized spacial score (nSPS) is 11.1. The van der Waals surface area contributed by atoms with Gasteiger partial charge in [-0.05, 0) is 24.6 Å². The highest BCUT2D eigenvalue weighted by atomic mass is 16.5. The zero-order chi connectivity index (χ0) is 18.1. The van der Waals surface area contributed by atoms with E-state index >= 15 is 0 Å². The van der Waals surface area contributed by atoms with E-state index in [9.17, 15) is 4.79 Å². The molecule has 0 atom stereocenters. The minimum atomic E-state index is -0.483. The van der Waals surface area contributed by atoms with Gasteiger partial charge in [0.2, 0.25) is 0 Å². The molecule has 3 N–H and O–H groups in total. The number of primary amides is 1. The molecular weight excluding hydrogens is 326 g/mol. The summed E-state index contributed by atoms with van der Waals surface area (Å²) in [4.78, 5) is 20.1. The Kier molecular flexibility index (Phi) is 4.05. The molecule has 0 aliphatic rings. The van der Waals surface area contributed by atoms with E-state index in [1.54, 1.807) is 6.07 Å². The van der Waals surface area contributed by atoms with Gasteiger partial charge in [0.1, 0.15) is 5.75 Å². The van der Waals surface area contributed by atoms with Gasteiger partial charge in [0.05, 0.1) is 34.4 Å². The van der Waals surface area contributed by atoms with E-state index in [1.165, 1.54) is 0 Å². The van der Waals surface area contributed by atoms with Crippen molar-refractivity contribution in [3.8, 4) is 17.0 Å². The summed E-state index contributed by atoms with van der Waals surface area (Å²) < 4.78 is 5.70. The molecule has 5 heteroatoms. The van der Waals surface area contributed by atoms with E-state index in [4.69, 9.17) is 15.5 Å². The standard InChI is InChI=1S/C21H19N3O2/c1-2-10-26-14-8-9-15-18(11-14)24-20-16(21(22)25)12-17(23-19(15)20)13-6-4-3-5-7-13/h3-9,11-12,24H,2,10H2,1H3,(H2,22,25). The van der Waals surface area contributed by atoms with E-state index in [2.05, 4.69) is 11.9 Å². The van der Waals surface area contributed by atoms with Crippen LogP contribution in [0.15, 0.2) is 54.6 Å². The van der Waals surface area contributed by atoms with Crippen LogP contribution in [-0.4, -0.2) is 22.5 Å². The maximum Gasteiger partial charge on any atom is 0.250 e. The Balaban J connectivity index is 1.95. The lowest BCUT2D eigenvalue weighted by molar-refractivity contribution is 0.100. The first kappa shape index (κ1) is 16.1. The molecule has 26 heavy (non-hydrogen) atoms. The van der Waals surface area contributed by atoms with Gasteiger partial charge < -0.3 is 15.5 Å². The number of benzene rings is 2. The van der Waals surface area contributed by atoms with Crippen molar-refractivity contribution in [1.82, 2.24) is 9.97 Å². The van der Waals surface area contributed by atoms with Gasteiger partial charge in [0.25, 0.3) is 5.91 Å². The quantitative estimate of drug-likeness (QED) is 0.567. The molecule has 2 aromatic heterocycles. The summed E-state index contributed by atoms with van der Waals surface area (Å²) in [5.41, 5.74) is 9.98. The third kappa shape index (κ3) is 2.77. The second-order valence-corrected chi connectivity index (χ2v) is 6.19. The number of aromatic nitrogens is 2. The van der Waals surface area contributed by atoms with Gasteiger partial charge in [-0.15, -0.1) is 0 Å². The summed E-state index contributed by atoms with van der Waals surface area (Å²) in [6.45, 7) is 2.73. The van der Waals surface area contributed by atoms with Crippen molar-refractivity contribution in [3.63, 3.8) is 0 Å². The lowest BCUT2D eigenvalue weighted by Gasteiger charge is -2.05. The Labute approximate surface area is 150 Å². The third-order valence-corrected chi connectivity index (χ3v) is 4.33. The molecule has 2 aromatic carbocycles. The highest BCUT2D eigenvalue weighted by molar-refractivity contribution is 6.14. The van der Waals surface area contributed by atoms with Crippen LogP contribution in [-0.2, 0) is 0 Å². The molecule has 130 valence electrons. The molecular formula is C21H19N3O2. The Morgan fingerprint density at radius 2 is 1.96 bits per heavy atom. The number of nitrogens with zero attached hydrogens (tertiary/aromatic N) is 1. The maximum absolute atomic E-state index is 12.0. The first-order valence-corrected chi connectivity index (χ1v) is 8.62. The van der Waals surface area contributed by atoms with Crippen LogP contribution in [0, 0.1) is 0 Å². The molecule has 0 saturated heterocycles. The van der Waals surface area contributed by atoms with E-state index in [0.29, 0.717) is 17.7 Å². The van der Waals surface area contributed by atoms with Crippen molar-refractivity contribution in [3.05, 3.63) is 60.2 Å². The van der Waals surface area contributed by atoms with Gasteiger partial charge in [0, 0.05) is 17.0 Å². The number of carbonyl (C=O) groups excluding carboxylic acids is 1. The molecule has 5 nitrogen and oxygen atoms in total. The van der Waals surface area contributed by atoms with Crippen LogP contribution in [0.1, 0.15) is 23.7 Å². The van der Waals surface area contributed by atoms with Gasteiger partial charge in [-0.25, -0.2) is 4.98 Å². The van der Waals surface area contributed by atoms with Crippen molar-refractivity contribution in [2.45, 2.75) is 13.3 Å². The number of pyridine rings is 1. The maximum atomic E-state index is 12.0. The van der Waals surface area contributed by atoms with Crippen LogP contribution in [0.2, 0.25) is 0 Å². The average Bonchev–Trinajstić information content (AvgIpc) is 3.03. The first-order valence-electron chi connectivity index (χ1n) is 8.62. The number of ether oxygens (including phenoxy) is 1. The SMILES string of the molecule is CCCOc1ccc2c(c1)[nH]c1c(C(N)=O)cc(-c3ccccc3)nc12. The van der Waals surface area contributed by atoms with Crippen LogP contribution >= 0.6 is 0 Å². The fourth-order valence-corrected chi connectivity index (χ4v) is 3.10. The van der Waals surface area contributed by atoms with Gasteiger partial charge in [-0.3, -0.25) is 4.79 Å². The summed E-state index contributed by atoms with van der Waals surface area (Å²) in [5, 5.41) is 0.934. The number of aromatic amines is 1. The largest absolute Gasteiger partial charge is 0.494 e. The highest BCUT2D eigenvalue weighted by Gasteiger charge is 2.16. The Morgan fingerprint density at radius 3 is 2.69 bits per heavy atom. The number of rotatable bonds is 5. The van der Waals surface area contributed by atoms with Gasteiger partial charge >= 0.3 is 0 Å². The zero-order valence-electron chi connectivity index (χ0n) is 14.5. The number of hydrogen-bond acceptors (Lipinski definition) is 3. The zero-order valence-corrected chi connectivity index (χ0v) is 14.5. The van der Waals surface area contributed by atoms with Crippen molar-refractivity contribution >= 4 is 27.8 Å². The molecule has 2 heterocycles. The first-order chi connectivity index (χ1) is 12.7. The van der Waals surface area contributed by atoms with Crippen molar-refractivity contribution in [2.75, 3.05) is 6.61 Å². The van der Waals surface area contributed by atoms with Crippen LogP contribution in [0.5, 0.6) is 5.75 Å². The van der Waals surface area contributed by atoms with E-state index in [0.717, 1.165) is 39.8 Å². The third-order valence-electron chi connectivity index (χ3n) is 4.33. The molecule has 0 radical (unpaired) electrons. The van der Waals surface area contributed by atoms with Crippen molar-refractivity contribution in [1.29, 1.82) is 0 Å². The smallest absolute Gasteiger partial charge is 0.250 e. The molecule has 0 saturated carbocycles. The summed E-state index contributed by atoms with van der Waals surface area (Å²) in [6, 6.07) is 17.3. The minimum absolute atomic E-state index is 0.432. The number of fused-ring (bicyclic) bond motifs is 3. The molecule has 1 amide bonds. The van der Waals surface area contributed by atoms with Crippen molar-refractivity contribution in [2.24, 2.45) is 5.73 Å². The topological polar surface area (TPSA) is 81.0 Å². The van der Waals surface area contributed by atoms with Crippen LogP contribution in [0.3, 0.4) is 0 Å². The van der Waals surface area contributed by atoms with Gasteiger partial charge in [0.15, 0.2) is 0 Å². The van der Waals surface area contributed by atoms with E-state index in [-0.39, 0.29) is 0 Å². The number of nitrogens with one attached hydrogen (secondary N) is 1. The molecule has 0 spiro atoms. The average molecular weight is 345 g/mol. The number of hydrogen-bond donors (Lipinski definition) is 2. The lowest BCUT2D eigenvalue weighted by Crippen LogP contribution is -2.12. The fourth-order valence-electron chi connectivity index (χ4n) is 3.10. The van der Waals surface area contributed by atoms with Gasteiger partial charge in [-0.2, -0.15) is 0 Å². The number of amides is 1. The Hall–Kier alpha value is -3.34. The predicted molar refractivity (Wildman–Crippen MR) is 103 cm³/mol. The Morgan fingerprint density at radius 1 is 1.15 bits per heavy atom. The summed E-state index contributed by atoms with van der Waals surface area (Å²) in [5.74, 6) is 0.304. The molecule has 0 fully saturated rings. The van der Waals surface area contributed by atoms with E-state index < -0.39 is 5.91 Å². The Bertz CT molecular complexity index is 1100. The lowest BCUT2D eigenvalue weighted by atomic mass is 10.1. The van der Waals surface area contributed by atoms with Gasteiger partial charge in [-0.1, -0.05) is 37.3 Å². The summed E-state index contributed by atoms with van der Waals surface area (Å²) in [7, 11) is 0.